The molecule has 1 aromatic carbocycles. The number of nitrogens with one attached hydrogen (secondary N) is 3. The molecule has 2 rings (SSSR count). The molecule has 1 unspecified atom stereocenters. The van der Waals surface area contributed by atoms with Crippen LogP contribution in [0.15, 0.2) is 29.2 Å². The van der Waals surface area contributed by atoms with Crippen molar-refractivity contribution in [3.05, 3.63) is 41.2 Å². The normalized spacial score (nSPS) is 12.8. The SMILES string of the molecule is CCNCc1cccc(NC(=O)C(C)NS(=O)(=O)c2c(C)nn(C)c2C)c1. The average molecular weight is 394 g/mol. The molecule has 0 aliphatic heterocycles. The van der Waals surface area contributed by atoms with E-state index in [1.807, 2.05) is 25.1 Å². The molecule has 0 aliphatic carbocycles. The van der Waals surface area contributed by atoms with Crippen molar-refractivity contribution in [1.82, 2.24) is 19.8 Å². The molecule has 3 N–H and O–H groups in total. The summed E-state index contributed by atoms with van der Waals surface area (Å²) in [5.41, 5.74) is 2.56. The predicted octanol–water partition coefficient (Wildman–Crippen LogP) is 1.45. The van der Waals surface area contributed by atoms with Gasteiger partial charge in [-0.25, -0.2) is 8.42 Å². The molecule has 0 bridgehead atoms. The lowest BCUT2D eigenvalue weighted by atomic mass is 10.2. The zero-order chi connectivity index (χ0) is 20.2. The van der Waals surface area contributed by atoms with Crippen LogP contribution in [0.1, 0.15) is 30.8 Å². The van der Waals surface area contributed by atoms with Gasteiger partial charge in [0.1, 0.15) is 4.90 Å². The second kappa shape index (κ2) is 8.64. The third-order valence-corrected chi connectivity index (χ3v) is 6.00. The number of benzene rings is 1. The number of rotatable bonds is 8. The summed E-state index contributed by atoms with van der Waals surface area (Å²) in [4.78, 5) is 12.6. The summed E-state index contributed by atoms with van der Waals surface area (Å²) in [6.07, 6.45) is 0. The van der Waals surface area contributed by atoms with Gasteiger partial charge in [0.2, 0.25) is 15.9 Å². The van der Waals surface area contributed by atoms with Gasteiger partial charge in [-0.1, -0.05) is 19.1 Å². The number of nitrogens with zero attached hydrogens (tertiary/aromatic N) is 2. The van der Waals surface area contributed by atoms with Crippen LogP contribution in [0, 0.1) is 13.8 Å². The molecule has 1 heterocycles. The van der Waals surface area contributed by atoms with E-state index in [1.54, 1.807) is 27.0 Å². The first-order valence-electron chi connectivity index (χ1n) is 8.78. The minimum Gasteiger partial charge on any atom is -0.325 e. The van der Waals surface area contributed by atoms with E-state index in [1.165, 1.54) is 11.6 Å². The third kappa shape index (κ3) is 5.15. The van der Waals surface area contributed by atoms with Crippen molar-refractivity contribution in [2.45, 2.75) is 45.2 Å². The summed E-state index contributed by atoms with van der Waals surface area (Å²) in [5.74, 6) is -0.432. The van der Waals surface area contributed by atoms with Crippen molar-refractivity contribution in [1.29, 1.82) is 0 Å². The molecule has 148 valence electrons. The van der Waals surface area contributed by atoms with Crippen LogP contribution < -0.4 is 15.4 Å². The number of sulfonamides is 1. The number of hydrogen-bond donors (Lipinski definition) is 3. The largest absolute Gasteiger partial charge is 0.325 e. The van der Waals surface area contributed by atoms with Crippen molar-refractivity contribution in [2.75, 3.05) is 11.9 Å². The fraction of sp³-hybridized carbons (Fsp3) is 0.444. The lowest BCUT2D eigenvalue weighted by Gasteiger charge is -2.15. The van der Waals surface area contributed by atoms with E-state index in [0.29, 0.717) is 23.6 Å². The van der Waals surface area contributed by atoms with Gasteiger partial charge >= 0.3 is 0 Å². The third-order valence-electron chi connectivity index (χ3n) is 4.21. The Kier molecular flexibility index (Phi) is 6.74. The molecule has 8 nitrogen and oxygen atoms in total. The standard InChI is InChI=1S/C18H27N5O3S/c1-6-19-11-15-8-7-9-16(10-15)20-18(24)13(3)22-27(25,26)17-12(2)21-23(5)14(17)4/h7-10,13,19,22H,6,11H2,1-5H3,(H,20,24). The second-order valence-electron chi connectivity index (χ2n) is 6.44. The Morgan fingerprint density at radius 3 is 2.59 bits per heavy atom. The molecule has 0 saturated carbocycles. The van der Waals surface area contributed by atoms with Crippen LogP contribution in [-0.4, -0.2) is 36.7 Å². The Labute approximate surface area is 160 Å². The molecule has 1 atom stereocenters. The molecular weight excluding hydrogens is 366 g/mol. The molecule has 1 aromatic heterocycles. The van der Waals surface area contributed by atoms with Crippen molar-refractivity contribution in [2.24, 2.45) is 7.05 Å². The van der Waals surface area contributed by atoms with Crippen molar-refractivity contribution >= 4 is 21.6 Å². The first kappa shape index (κ1) is 21.1. The van der Waals surface area contributed by atoms with Crippen LogP contribution >= 0.6 is 0 Å². The average Bonchev–Trinajstić information content (AvgIpc) is 2.85. The monoisotopic (exact) mass is 393 g/mol. The van der Waals surface area contributed by atoms with Gasteiger partial charge in [0, 0.05) is 19.3 Å². The van der Waals surface area contributed by atoms with E-state index in [0.717, 1.165) is 12.1 Å². The van der Waals surface area contributed by atoms with Crippen LogP contribution in [0.2, 0.25) is 0 Å². The molecule has 0 radical (unpaired) electrons. The summed E-state index contributed by atoms with van der Waals surface area (Å²) < 4.78 is 29.3. The first-order valence-corrected chi connectivity index (χ1v) is 10.3. The number of aryl methyl sites for hydroxylation is 2. The molecule has 0 spiro atoms. The zero-order valence-electron chi connectivity index (χ0n) is 16.3. The summed E-state index contributed by atoms with van der Waals surface area (Å²) >= 11 is 0. The minimum absolute atomic E-state index is 0.109. The van der Waals surface area contributed by atoms with Gasteiger partial charge in [-0.05, 0) is 45.0 Å². The van der Waals surface area contributed by atoms with Crippen LogP contribution in [0.4, 0.5) is 5.69 Å². The number of carbonyl (C=O) groups is 1. The van der Waals surface area contributed by atoms with Gasteiger partial charge in [-0.3, -0.25) is 9.48 Å². The lowest BCUT2D eigenvalue weighted by molar-refractivity contribution is -0.117. The molecule has 0 fully saturated rings. The van der Waals surface area contributed by atoms with Crippen LogP contribution in [-0.2, 0) is 28.4 Å². The van der Waals surface area contributed by atoms with Gasteiger partial charge in [0.25, 0.3) is 0 Å². The maximum Gasteiger partial charge on any atom is 0.244 e. The zero-order valence-corrected chi connectivity index (χ0v) is 17.1. The topological polar surface area (TPSA) is 105 Å². The summed E-state index contributed by atoms with van der Waals surface area (Å²) in [6, 6.07) is 6.49. The predicted molar refractivity (Wildman–Crippen MR) is 105 cm³/mol. The molecule has 9 heteroatoms. The number of hydrogen-bond acceptors (Lipinski definition) is 5. The maximum absolute atomic E-state index is 12.7. The summed E-state index contributed by atoms with van der Waals surface area (Å²) in [6.45, 7) is 8.38. The Hall–Kier alpha value is -2.23. The van der Waals surface area contributed by atoms with E-state index in [-0.39, 0.29) is 4.90 Å². The van der Waals surface area contributed by atoms with Crippen molar-refractivity contribution in [3.8, 4) is 0 Å². The highest BCUT2D eigenvalue weighted by molar-refractivity contribution is 7.89. The highest BCUT2D eigenvalue weighted by atomic mass is 32.2. The van der Waals surface area contributed by atoms with Gasteiger partial charge in [-0.15, -0.1) is 0 Å². The Morgan fingerprint density at radius 1 is 1.30 bits per heavy atom. The van der Waals surface area contributed by atoms with E-state index in [9.17, 15) is 13.2 Å². The van der Waals surface area contributed by atoms with E-state index in [4.69, 9.17) is 0 Å². The second-order valence-corrected chi connectivity index (χ2v) is 8.09. The Bertz CT molecular complexity index is 921. The highest BCUT2D eigenvalue weighted by Crippen LogP contribution is 2.19. The van der Waals surface area contributed by atoms with Crippen molar-refractivity contribution < 1.29 is 13.2 Å². The van der Waals surface area contributed by atoms with E-state index < -0.39 is 22.0 Å². The number of carbonyl (C=O) groups excluding carboxylic acids is 1. The van der Waals surface area contributed by atoms with Gasteiger partial charge in [0.05, 0.1) is 17.4 Å². The smallest absolute Gasteiger partial charge is 0.244 e. The molecule has 1 amide bonds. The van der Waals surface area contributed by atoms with E-state index >= 15 is 0 Å². The number of aromatic nitrogens is 2. The molecule has 27 heavy (non-hydrogen) atoms. The lowest BCUT2D eigenvalue weighted by Crippen LogP contribution is -2.41. The molecule has 2 aromatic rings. The number of amides is 1. The minimum atomic E-state index is -3.86. The number of anilines is 1. The first-order chi connectivity index (χ1) is 12.7. The van der Waals surface area contributed by atoms with Crippen LogP contribution in [0.25, 0.3) is 0 Å². The van der Waals surface area contributed by atoms with E-state index in [2.05, 4.69) is 20.5 Å². The Balaban J connectivity index is 2.09. The van der Waals surface area contributed by atoms with Gasteiger partial charge < -0.3 is 10.6 Å². The van der Waals surface area contributed by atoms with Crippen LogP contribution in [0.5, 0.6) is 0 Å². The maximum atomic E-state index is 12.7. The fourth-order valence-corrected chi connectivity index (χ4v) is 4.41. The fourth-order valence-electron chi connectivity index (χ4n) is 2.77. The highest BCUT2D eigenvalue weighted by Gasteiger charge is 2.27. The molecule has 0 saturated heterocycles. The quantitative estimate of drug-likeness (QED) is 0.630. The summed E-state index contributed by atoms with van der Waals surface area (Å²) in [5, 5.41) is 10.1. The Morgan fingerprint density at radius 2 is 2.00 bits per heavy atom. The van der Waals surface area contributed by atoms with Gasteiger partial charge in [0.15, 0.2) is 0 Å². The molecule has 0 aliphatic rings. The molecular formula is C18H27N5O3S. The van der Waals surface area contributed by atoms with Crippen molar-refractivity contribution in [3.63, 3.8) is 0 Å². The summed E-state index contributed by atoms with van der Waals surface area (Å²) in [7, 11) is -2.18. The van der Waals surface area contributed by atoms with Crippen LogP contribution in [0.3, 0.4) is 0 Å². The van der Waals surface area contributed by atoms with Gasteiger partial charge in [-0.2, -0.15) is 9.82 Å².